The molecule has 92 valence electrons. The van der Waals surface area contributed by atoms with E-state index in [0.717, 1.165) is 13.0 Å². The van der Waals surface area contributed by atoms with Gasteiger partial charge in [0.05, 0.1) is 5.92 Å². The van der Waals surface area contributed by atoms with E-state index in [-0.39, 0.29) is 5.92 Å². The molecule has 0 aliphatic rings. The van der Waals surface area contributed by atoms with Crippen LogP contribution in [0.2, 0.25) is 0 Å². The predicted molar refractivity (Wildman–Crippen MR) is 61.2 cm³/mol. The second-order valence-corrected chi connectivity index (χ2v) is 3.84. The Kier molecular flexibility index (Phi) is 5.42. The Hall–Kier alpha value is -0.940. The molecule has 5 nitrogen and oxygen atoms in total. The lowest BCUT2D eigenvalue weighted by Gasteiger charge is -2.20. The highest BCUT2D eigenvalue weighted by atomic mass is 16.5. The summed E-state index contributed by atoms with van der Waals surface area (Å²) in [6.07, 6.45) is 1.04. The smallest absolute Gasteiger partial charge is 0.231 e. The van der Waals surface area contributed by atoms with Crippen LogP contribution in [-0.2, 0) is 11.3 Å². The minimum Gasteiger partial charge on any atom is -0.377 e. The third-order valence-electron chi connectivity index (χ3n) is 2.66. The molecule has 1 N–H and O–H groups in total. The summed E-state index contributed by atoms with van der Waals surface area (Å²) in [4.78, 5) is 4.31. The molecule has 0 aliphatic heterocycles. The van der Waals surface area contributed by atoms with Gasteiger partial charge in [-0.1, -0.05) is 25.9 Å². The van der Waals surface area contributed by atoms with Gasteiger partial charge in [0.2, 0.25) is 5.89 Å². The summed E-state index contributed by atoms with van der Waals surface area (Å²) in [6.45, 7) is 7.69. The Bertz CT molecular complexity index is 301. The summed E-state index contributed by atoms with van der Waals surface area (Å²) in [7, 11) is 1.62. The van der Waals surface area contributed by atoms with Crippen LogP contribution in [0.1, 0.15) is 44.8 Å². The molecule has 1 rings (SSSR count). The van der Waals surface area contributed by atoms with Crippen LogP contribution >= 0.6 is 0 Å². The highest BCUT2D eigenvalue weighted by Gasteiger charge is 2.21. The van der Waals surface area contributed by atoms with Crippen molar-refractivity contribution in [1.29, 1.82) is 0 Å². The Labute approximate surface area is 96.6 Å². The average Bonchev–Trinajstić information content (AvgIpc) is 2.74. The molecule has 2 atom stereocenters. The van der Waals surface area contributed by atoms with Gasteiger partial charge in [-0.25, -0.2) is 0 Å². The van der Waals surface area contributed by atoms with Gasteiger partial charge in [0.25, 0.3) is 0 Å². The molecule has 0 saturated heterocycles. The molecule has 1 heterocycles. The molecule has 0 amide bonds. The zero-order valence-electron chi connectivity index (χ0n) is 10.5. The lowest BCUT2D eigenvalue weighted by atomic mass is 9.99. The number of hydrogen-bond acceptors (Lipinski definition) is 5. The fraction of sp³-hybridized carbons (Fsp3) is 0.818. The number of ether oxygens (including phenoxy) is 1. The largest absolute Gasteiger partial charge is 0.377 e. The van der Waals surface area contributed by atoms with E-state index in [0.29, 0.717) is 24.4 Å². The second-order valence-electron chi connectivity index (χ2n) is 3.84. The van der Waals surface area contributed by atoms with Gasteiger partial charge < -0.3 is 14.6 Å². The van der Waals surface area contributed by atoms with E-state index < -0.39 is 0 Å². The van der Waals surface area contributed by atoms with Gasteiger partial charge in [-0.2, -0.15) is 4.98 Å². The van der Waals surface area contributed by atoms with Crippen molar-refractivity contribution >= 4 is 0 Å². The Morgan fingerprint density at radius 2 is 2.19 bits per heavy atom. The highest BCUT2D eigenvalue weighted by molar-refractivity contribution is 4.96. The molecule has 0 aromatic carbocycles. The monoisotopic (exact) mass is 227 g/mol. The van der Waals surface area contributed by atoms with Crippen molar-refractivity contribution in [3.8, 4) is 0 Å². The molecule has 0 saturated carbocycles. The third kappa shape index (κ3) is 3.28. The van der Waals surface area contributed by atoms with Crippen molar-refractivity contribution in [3.05, 3.63) is 11.7 Å². The van der Waals surface area contributed by atoms with Crippen molar-refractivity contribution in [2.24, 2.45) is 0 Å². The van der Waals surface area contributed by atoms with Gasteiger partial charge in [0.1, 0.15) is 6.61 Å². The standard InChI is InChI=1S/C11H21N3O2/c1-5-9(12-6-2)8(3)11-13-10(7-15-4)14-16-11/h8-9,12H,5-7H2,1-4H3. The van der Waals surface area contributed by atoms with Gasteiger partial charge in [0, 0.05) is 13.2 Å². The fourth-order valence-electron chi connectivity index (χ4n) is 1.75. The molecule has 5 heteroatoms. The van der Waals surface area contributed by atoms with Crippen LogP contribution < -0.4 is 5.32 Å². The molecular formula is C11H21N3O2. The Morgan fingerprint density at radius 3 is 2.75 bits per heavy atom. The quantitative estimate of drug-likeness (QED) is 0.768. The summed E-state index contributed by atoms with van der Waals surface area (Å²) in [6, 6.07) is 0.376. The maximum Gasteiger partial charge on any atom is 0.231 e. The summed E-state index contributed by atoms with van der Waals surface area (Å²) < 4.78 is 10.2. The number of likely N-dealkylation sites (N-methyl/N-ethyl adjacent to an activating group) is 1. The molecule has 0 aliphatic carbocycles. The number of nitrogens with zero attached hydrogens (tertiary/aromatic N) is 2. The highest BCUT2D eigenvalue weighted by Crippen LogP contribution is 2.19. The molecule has 1 aromatic heterocycles. The van der Waals surface area contributed by atoms with Crippen molar-refractivity contribution in [3.63, 3.8) is 0 Å². The number of rotatable bonds is 7. The lowest BCUT2D eigenvalue weighted by molar-refractivity contribution is 0.174. The molecule has 1 aromatic rings. The van der Waals surface area contributed by atoms with Gasteiger partial charge in [0.15, 0.2) is 5.82 Å². The van der Waals surface area contributed by atoms with Crippen molar-refractivity contribution in [1.82, 2.24) is 15.5 Å². The zero-order valence-corrected chi connectivity index (χ0v) is 10.5. The molecular weight excluding hydrogens is 206 g/mol. The van der Waals surface area contributed by atoms with Crippen LogP contribution in [-0.4, -0.2) is 29.8 Å². The van der Waals surface area contributed by atoms with Crippen LogP contribution in [0.5, 0.6) is 0 Å². The minimum atomic E-state index is 0.225. The molecule has 2 unspecified atom stereocenters. The Balaban J connectivity index is 2.66. The van der Waals surface area contributed by atoms with Crippen molar-refractivity contribution in [2.75, 3.05) is 13.7 Å². The number of nitrogens with one attached hydrogen (secondary N) is 1. The van der Waals surface area contributed by atoms with Gasteiger partial charge in [-0.15, -0.1) is 0 Å². The van der Waals surface area contributed by atoms with E-state index in [1.54, 1.807) is 7.11 Å². The van der Waals surface area contributed by atoms with Crippen LogP contribution in [0.15, 0.2) is 4.52 Å². The fourth-order valence-corrected chi connectivity index (χ4v) is 1.75. The summed E-state index contributed by atoms with van der Waals surface area (Å²) in [5, 5.41) is 7.28. The maximum absolute atomic E-state index is 5.23. The first-order chi connectivity index (χ1) is 7.72. The van der Waals surface area contributed by atoms with Crippen LogP contribution in [0.4, 0.5) is 0 Å². The second kappa shape index (κ2) is 6.60. The van der Waals surface area contributed by atoms with Crippen LogP contribution in [0.3, 0.4) is 0 Å². The number of hydrogen-bond donors (Lipinski definition) is 1. The first-order valence-electron chi connectivity index (χ1n) is 5.77. The SMILES string of the molecule is CCNC(CC)C(C)c1nc(COC)no1. The average molecular weight is 227 g/mol. The molecule has 16 heavy (non-hydrogen) atoms. The van der Waals surface area contributed by atoms with E-state index in [9.17, 15) is 0 Å². The van der Waals surface area contributed by atoms with Crippen molar-refractivity contribution < 1.29 is 9.26 Å². The van der Waals surface area contributed by atoms with E-state index in [1.165, 1.54) is 0 Å². The van der Waals surface area contributed by atoms with Gasteiger partial charge >= 0.3 is 0 Å². The maximum atomic E-state index is 5.23. The Morgan fingerprint density at radius 1 is 1.44 bits per heavy atom. The van der Waals surface area contributed by atoms with Gasteiger partial charge in [-0.05, 0) is 13.0 Å². The van der Waals surface area contributed by atoms with Crippen molar-refractivity contribution in [2.45, 2.75) is 45.8 Å². The predicted octanol–water partition coefficient (Wildman–Crippen LogP) is 1.71. The molecule has 0 radical (unpaired) electrons. The number of methoxy groups -OCH3 is 1. The molecule has 0 bridgehead atoms. The van der Waals surface area contributed by atoms with E-state index in [1.807, 2.05) is 0 Å². The van der Waals surface area contributed by atoms with Crippen LogP contribution in [0.25, 0.3) is 0 Å². The summed E-state index contributed by atoms with van der Waals surface area (Å²) in [5.41, 5.74) is 0. The topological polar surface area (TPSA) is 60.2 Å². The van der Waals surface area contributed by atoms with Gasteiger partial charge in [-0.3, -0.25) is 0 Å². The first-order valence-corrected chi connectivity index (χ1v) is 5.77. The lowest BCUT2D eigenvalue weighted by Crippen LogP contribution is -2.33. The molecule has 0 fully saturated rings. The van der Waals surface area contributed by atoms with E-state index in [4.69, 9.17) is 9.26 Å². The number of aromatic nitrogens is 2. The van der Waals surface area contributed by atoms with E-state index >= 15 is 0 Å². The zero-order chi connectivity index (χ0) is 12.0. The third-order valence-corrected chi connectivity index (χ3v) is 2.66. The summed E-state index contributed by atoms with van der Waals surface area (Å²) in [5.74, 6) is 1.51. The summed E-state index contributed by atoms with van der Waals surface area (Å²) >= 11 is 0. The first kappa shape index (κ1) is 13.1. The molecule has 0 spiro atoms. The minimum absolute atomic E-state index is 0.225. The normalized spacial score (nSPS) is 15.0. The van der Waals surface area contributed by atoms with E-state index in [2.05, 4.69) is 36.2 Å². The van der Waals surface area contributed by atoms with Crippen LogP contribution in [0, 0.1) is 0 Å².